The van der Waals surface area contributed by atoms with Crippen molar-refractivity contribution in [2.75, 3.05) is 0 Å². The van der Waals surface area contributed by atoms with Crippen molar-refractivity contribution >= 4 is 52.4 Å². The largest absolute Gasteiger partial charge is 0.453 e. The van der Waals surface area contributed by atoms with Gasteiger partial charge in [-0.3, -0.25) is 0 Å². The molecular formula is C14H8Cl4FNO2. The zero-order valence-corrected chi connectivity index (χ0v) is 14.1. The van der Waals surface area contributed by atoms with E-state index in [1.54, 1.807) is 6.92 Å². The average Bonchev–Trinajstić information content (AvgIpc) is 2.49. The first-order valence-electron chi connectivity index (χ1n) is 5.97. The number of halogens is 5. The summed E-state index contributed by atoms with van der Waals surface area (Å²) in [5.41, 5.74) is 0.368. The molecule has 0 spiro atoms. The molecule has 1 atom stereocenters. The van der Waals surface area contributed by atoms with Gasteiger partial charge in [-0.2, -0.15) is 0 Å². The third-order valence-corrected chi connectivity index (χ3v) is 4.48. The van der Waals surface area contributed by atoms with Crippen molar-refractivity contribution in [2.24, 2.45) is 0 Å². The van der Waals surface area contributed by atoms with Crippen LogP contribution >= 0.6 is 46.4 Å². The lowest BCUT2D eigenvalue weighted by Crippen LogP contribution is -2.12. The summed E-state index contributed by atoms with van der Waals surface area (Å²) < 4.78 is 18.1. The van der Waals surface area contributed by atoms with Gasteiger partial charge in [-0.15, -0.1) is 0 Å². The van der Waals surface area contributed by atoms with E-state index in [1.165, 1.54) is 24.3 Å². The number of hydrogen-bond acceptors (Lipinski definition) is 3. The molecule has 2 rings (SSSR count). The first kappa shape index (κ1) is 17.3. The van der Waals surface area contributed by atoms with E-state index in [0.29, 0.717) is 5.56 Å². The number of aromatic nitrogens is 1. The zero-order chi connectivity index (χ0) is 16.4. The predicted molar refractivity (Wildman–Crippen MR) is 84.5 cm³/mol. The molecule has 0 aliphatic carbocycles. The van der Waals surface area contributed by atoms with Crippen LogP contribution in [0.25, 0.3) is 0 Å². The van der Waals surface area contributed by atoms with Crippen LogP contribution in [0.2, 0.25) is 20.2 Å². The van der Waals surface area contributed by atoms with Crippen molar-refractivity contribution in [1.82, 2.24) is 4.98 Å². The van der Waals surface area contributed by atoms with Gasteiger partial charge in [0.15, 0.2) is 5.69 Å². The number of carbonyl (C=O) groups excluding carboxylic acids is 1. The molecule has 0 fully saturated rings. The summed E-state index contributed by atoms with van der Waals surface area (Å²) in [6.07, 6.45) is -0.640. The average molecular weight is 383 g/mol. The van der Waals surface area contributed by atoms with E-state index in [1.807, 2.05) is 0 Å². The molecule has 22 heavy (non-hydrogen) atoms. The molecule has 0 N–H and O–H groups in total. The van der Waals surface area contributed by atoms with Gasteiger partial charge in [-0.1, -0.05) is 58.5 Å². The summed E-state index contributed by atoms with van der Waals surface area (Å²) in [5.74, 6) is -1.20. The SMILES string of the molecule is C[C@H](OC(=O)c1nc(Cl)c(Cl)c(Cl)c1Cl)c1ccc(F)cc1. The van der Waals surface area contributed by atoms with Crippen LogP contribution in [0.5, 0.6) is 0 Å². The quantitative estimate of drug-likeness (QED) is 0.501. The third-order valence-electron chi connectivity index (χ3n) is 2.80. The number of hydrogen-bond donors (Lipinski definition) is 0. The van der Waals surface area contributed by atoms with Gasteiger partial charge in [0.05, 0.1) is 15.1 Å². The van der Waals surface area contributed by atoms with Gasteiger partial charge in [0.25, 0.3) is 0 Å². The zero-order valence-electron chi connectivity index (χ0n) is 11.0. The second kappa shape index (κ2) is 7.01. The van der Waals surface area contributed by atoms with Crippen LogP contribution in [0.15, 0.2) is 24.3 Å². The molecule has 0 unspecified atom stereocenters. The molecule has 0 saturated carbocycles. The lowest BCUT2D eigenvalue weighted by molar-refractivity contribution is 0.0331. The first-order valence-corrected chi connectivity index (χ1v) is 7.49. The van der Waals surface area contributed by atoms with E-state index in [4.69, 9.17) is 51.1 Å². The Morgan fingerprint density at radius 2 is 1.68 bits per heavy atom. The van der Waals surface area contributed by atoms with Crippen LogP contribution in [0.4, 0.5) is 4.39 Å². The maximum absolute atomic E-state index is 12.9. The molecule has 1 heterocycles. The van der Waals surface area contributed by atoms with Crippen LogP contribution in [0.1, 0.15) is 29.1 Å². The van der Waals surface area contributed by atoms with Crippen molar-refractivity contribution in [3.05, 3.63) is 61.6 Å². The summed E-state index contributed by atoms with van der Waals surface area (Å²) in [7, 11) is 0. The van der Waals surface area contributed by atoms with Gasteiger partial charge in [0.1, 0.15) is 17.1 Å². The summed E-state index contributed by atoms with van der Waals surface area (Å²) in [6.45, 7) is 1.62. The molecule has 116 valence electrons. The first-order chi connectivity index (χ1) is 10.3. The van der Waals surface area contributed by atoms with Gasteiger partial charge < -0.3 is 4.74 Å². The molecule has 0 saturated heterocycles. The van der Waals surface area contributed by atoms with Gasteiger partial charge in [-0.25, -0.2) is 14.2 Å². The fourth-order valence-corrected chi connectivity index (χ4v) is 2.45. The molecule has 1 aromatic carbocycles. The highest BCUT2D eigenvalue weighted by atomic mass is 35.5. The fourth-order valence-electron chi connectivity index (χ4n) is 1.64. The van der Waals surface area contributed by atoms with Gasteiger partial charge in [0, 0.05) is 0 Å². The van der Waals surface area contributed by atoms with Crippen molar-refractivity contribution < 1.29 is 13.9 Å². The van der Waals surface area contributed by atoms with E-state index >= 15 is 0 Å². The van der Waals surface area contributed by atoms with Gasteiger partial charge in [0.2, 0.25) is 0 Å². The topological polar surface area (TPSA) is 39.2 Å². The third kappa shape index (κ3) is 3.63. The van der Waals surface area contributed by atoms with Crippen molar-refractivity contribution in [1.29, 1.82) is 0 Å². The number of carbonyl (C=O) groups is 1. The molecule has 0 amide bonds. The number of benzene rings is 1. The monoisotopic (exact) mass is 381 g/mol. The highest BCUT2D eigenvalue weighted by Crippen LogP contribution is 2.36. The summed E-state index contributed by atoms with van der Waals surface area (Å²) in [6, 6.07) is 5.54. The Morgan fingerprint density at radius 3 is 2.27 bits per heavy atom. The molecular weight excluding hydrogens is 375 g/mol. The number of esters is 1. The summed E-state index contributed by atoms with van der Waals surface area (Å²) in [4.78, 5) is 15.9. The maximum atomic E-state index is 12.9. The molecule has 8 heteroatoms. The second-order valence-corrected chi connectivity index (χ2v) is 5.78. The lowest BCUT2D eigenvalue weighted by Gasteiger charge is -2.14. The minimum absolute atomic E-state index is 0.0449. The van der Waals surface area contributed by atoms with Crippen LogP contribution in [0, 0.1) is 5.82 Å². The van der Waals surface area contributed by atoms with E-state index < -0.39 is 12.1 Å². The van der Waals surface area contributed by atoms with Crippen LogP contribution in [0.3, 0.4) is 0 Å². The van der Waals surface area contributed by atoms with E-state index in [0.717, 1.165) is 0 Å². The fraction of sp³-hybridized carbons (Fsp3) is 0.143. The number of ether oxygens (including phenoxy) is 1. The Labute approximate surface area is 145 Å². The normalized spacial score (nSPS) is 12.1. The Hall–Kier alpha value is -1.07. The molecule has 0 radical (unpaired) electrons. The molecule has 0 aliphatic heterocycles. The van der Waals surface area contributed by atoms with Crippen molar-refractivity contribution in [3.63, 3.8) is 0 Å². The molecule has 3 nitrogen and oxygen atoms in total. The number of nitrogens with zero attached hydrogens (tertiary/aromatic N) is 1. The Kier molecular flexibility index (Phi) is 5.50. The van der Waals surface area contributed by atoms with E-state index in [-0.39, 0.29) is 31.7 Å². The van der Waals surface area contributed by atoms with Gasteiger partial charge >= 0.3 is 5.97 Å². The Balaban J connectivity index is 2.24. The highest BCUT2D eigenvalue weighted by molar-refractivity contribution is 6.52. The highest BCUT2D eigenvalue weighted by Gasteiger charge is 2.23. The van der Waals surface area contributed by atoms with Crippen LogP contribution < -0.4 is 0 Å². The molecule has 0 bridgehead atoms. The van der Waals surface area contributed by atoms with Crippen LogP contribution in [-0.4, -0.2) is 11.0 Å². The molecule has 0 aliphatic rings. The Bertz CT molecular complexity index is 722. The summed E-state index contributed by atoms with van der Waals surface area (Å²) >= 11 is 23.3. The molecule has 1 aromatic heterocycles. The van der Waals surface area contributed by atoms with Crippen molar-refractivity contribution in [2.45, 2.75) is 13.0 Å². The number of rotatable bonds is 3. The van der Waals surface area contributed by atoms with E-state index in [9.17, 15) is 9.18 Å². The minimum atomic E-state index is -0.817. The number of pyridine rings is 1. The molecule has 2 aromatic rings. The van der Waals surface area contributed by atoms with Crippen LogP contribution in [-0.2, 0) is 4.74 Å². The summed E-state index contributed by atoms with van der Waals surface area (Å²) in [5, 5.41) is -0.425. The Morgan fingerprint density at radius 1 is 1.09 bits per heavy atom. The van der Waals surface area contributed by atoms with E-state index in [2.05, 4.69) is 4.98 Å². The smallest absolute Gasteiger partial charge is 0.359 e. The predicted octanol–water partition coefficient (Wildman–Crippen LogP) is 5.75. The second-order valence-electron chi connectivity index (χ2n) is 4.29. The standard InChI is InChI=1S/C14H8Cl4FNO2/c1-6(7-2-4-8(19)5-3-7)22-14(21)12-10(16)9(15)11(17)13(18)20-12/h2-6H,1H3/t6-/m0/s1. The minimum Gasteiger partial charge on any atom is -0.453 e. The van der Waals surface area contributed by atoms with Gasteiger partial charge in [-0.05, 0) is 24.6 Å². The lowest BCUT2D eigenvalue weighted by atomic mass is 10.1. The van der Waals surface area contributed by atoms with Crippen molar-refractivity contribution in [3.8, 4) is 0 Å². The maximum Gasteiger partial charge on any atom is 0.359 e.